The van der Waals surface area contributed by atoms with E-state index in [9.17, 15) is 17.6 Å². The number of benzene rings is 2. The number of amides is 1. The van der Waals surface area contributed by atoms with Gasteiger partial charge in [0.2, 0.25) is 15.9 Å². The molecule has 1 amide bonds. The van der Waals surface area contributed by atoms with Gasteiger partial charge in [-0.05, 0) is 62.1 Å². The summed E-state index contributed by atoms with van der Waals surface area (Å²) >= 11 is 0. The van der Waals surface area contributed by atoms with Gasteiger partial charge in [0.1, 0.15) is 10.7 Å². The van der Waals surface area contributed by atoms with Crippen molar-refractivity contribution in [2.24, 2.45) is 5.92 Å². The lowest BCUT2D eigenvalue weighted by Crippen LogP contribution is -2.43. The van der Waals surface area contributed by atoms with Gasteiger partial charge in [-0.2, -0.15) is 4.31 Å². The lowest BCUT2D eigenvalue weighted by atomic mass is 9.95. The first-order chi connectivity index (χ1) is 15.2. The second-order valence-electron chi connectivity index (χ2n) is 7.90. The van der Waals surface area contributed by atoms with E-state index in [0.717, 1.165) is 17.2 Å². The van der Waals surface area contributed by atoms with Crippen molar-refractivity contribution < 1.29 is 27.1 Å². The highest BCUT2D eigenvalue weighted by molar-refractivity contribution is 7.89. The molecule has 0 bridgehead atoms. The van der Waals surface area contributed by atoms with Crippen LogP contribution in [0.1, 0.15) is 36.9 Å². The van der Waals surface area contributed by atoms with E-state index >= 15 is 0 Å². The van der Waals surface area contributed by atoms with Gasteiger partial charge in [0, 0.05) is 19.0 Å². The zero-order valence-corrected chi connectivity index (χ0v) is 19.5. The fourth-order valence-corrected chi connectivity index (χ4v) is 5.56. The third-order valence-corrected chi connectivity index (χ3v) is 7.81. The molecule has 32 heavy (non-hydrogen) atoms. The molecular weight excluding hydrogens is 435 g/mol. The summed E-state index contributed by atoms with van der Waals surface area (Å²) in [5, 5.41) is 3.03. The molecule has 0 spiro atoms. The van der Waals surface area contributed by atoms with E-state index in [1.165, 1.54) is 22.5 Å². The molecule has 1 aliphatic rings. The number of hydrogen-bond donors (Lipinski definition) is 1. The van der Waals surface area contributed by atoms with Crippen LogP contribution in [0.15, 0.2) is 41.3 Å². The largest absolute Gasteiger partial charge is 0.493 e. The van der Waals surface area contributed by atoms with E-state index in [1.54, 1.807) is 14.2 Å². The maximum absolute atomic E-state index is 14.0. The van der Waals surface area contributed by atoms with Crippen molar-refractivity contribution >= 4 is 15.9 Å². The lowest BCUT2D eigenvalue weighted by molar-refractivity contribution is -0.126. The maximum Gasteiger partial charge on any atom is 0.245 e. The number of methoxy groups -OCH3 is 2. The summed E-state index contributed by atoms with van der Waals surface area (Å²) in [5.74, 6) is -0.0114. The Hall–Kier alpha value is -2.65. The van der Waals surface area contributed by atoms with E-state index in [1.807, 2.05) is 26.0 Å². The van der Waals surface area contributed by atoms with Crippen LogP contribution >= 0.6 is 0 Å². The first-order valence-corrected chi connectivity index (χ1v) is 11.9. The average Bonchev–Trinajstić information content (AvgIpc) is 2.78. The Kier molecular flexibility index (Phi) is 7.40. The summed E-state index contributed by atoms with van der Waals surface area (Å²) in [6, 6.07) is 8.79. The Balaban J connectivity index is 1.64. The molecule has 9 heteroatoms. The first-order valence-electron chi connectivity index (χ1n) is 10.5. The Morgan fingerprint density at radius 1 is 1.12 bits per heavy atom. The number of carbonyl (C=O) groups is 1. The molecule has 1 N–H and O–H groups in total. The molecule has 7 nitrogen and oxygen atoms in total. The van der Waals surface area contributed by atoms with Crippen LogP contribution < -0.4 is 14.8 Å². The SMILES string of the molecule is COc1cc(C)c(C(C)NC(=O)C2CCN(S(=O)(=O)c3ccccc3F)CC2)cc1OC. The molecule has 1 saturated heterocycles. The normalized spacial score (nSPS) is 16.4. The summed E-state index contributed by atoms with van der Waals surface area (Å²) < 4.78 is 51.4. The second-order valence-corrected chi connectivity index (χ2v) is 9.81. The number of ether oxygens (including phenoxy) is 2. The van der Waals surface area contributed by atoms with Gasteiger partial charge in [0.15, 0.2) is 11.5 Å². The topological polar surface area (TPSA) is 84.9 Å². The predicted molar refractivity (Wildman–Crippen MR) is 119 cm³/mol. The zero-order chi connectivity index (χ0) is 23.5. The molecule has 1 unspecified atom stereocenters. The lowest BCUT2D eigenvalue weighted by Gasteiger charge is -2.31. The van der Waals surface area contributed by atoms with Crippen molar-refractivity contribution in [2.45, 2.75) is 37.6 Å². The fourth-order valence-electron chi connectivity index (χ4n) is 4.02. The van der Waals surface area contributed by atoms with E-state index in [4.69, 9.17) is 9.47 Å². The summed E-state index contributed by atoms with van der Waals surface area (Å²) in [4.78, 5) is 12.5. The summed E-state index contributed by atoms with van der Waals surface area (Å²) in [7, 11) is -0.798. The van der Waals surface area contributed by atoms with E-state index in [0.29, 0.717) is 24.3 Å². The molecule has 2 aromatic carbocycles. The number of nitrogens with one attached hydrogen (secondary N) is 1. The Morgan fingerprint density at radius 3 is 2.31 bits per heavy atom. The van der Waals surface area contributed by atoms with Gasteiger partial charge >= 0.3 is 0 Å². The van der Waals surface area contributed by atoms with Gasteiger partial charge in [0.05, 0.1) is 20.3 Å². The number of aryl methyl sites for hydroxylation is 1. The summed E-state index contributed by atoms with van der Waals surface area (Å²) in [6.07, 6.45) is 0.744. The van der Waals surface area contributed by atoms with Crippen molar-refractivity contribution in [3.63, 3.8) is 0 Å². The second kappa shape index (κ2) is 9.87. The molecule has 1 heterocycles. The fraction of sp³-hybridized carbons (Fsp3) is 0.435. The molecule has 0 saturated carbocycles. The Morgan fingerprint density at radius 2 is 1.72 bits per heavy atom. The quantitative estimate of drug-likeness (QED) is 0.679. The van der Waals surface area contributed by atoms with Gasteiger partial charge < -0.3 is 14.8 Å². The minimum absolute atomic E-state index is 0.130. The van der Waals surface area contributed by atoms with Crippen LogP contribution in [0.25, 0.3) is 0 Å². The third kappa shape index (κ3) is 4.88. The van der Waals surface area contributed by atoms with Gasteiger partial charge in [-0.1, -0.05) is 12.1 Å². The molecule has 174 valence electrons. The molecular formula is C23H29FN2O5S. The number of carbonyl (C=O) groups excluding carboxylic acids is 1. The molecule has 0 radical (unpaired) electrons. The first kappa shape index (κ1) is 24.0. The number of rotatable bonds is 7. The molecule has 0 aromatic heterocycles. The molecule has 2 aromatic rings. The number of halogens is 1. The van der Waals surface area contributed by atoms with Crippen molar-refractivity contribution in [3.8, 4) is 11.5 Å². The van der Waals surface area contributed by atoms with Crippen LogP contribution in [-0.2, 0) is 14.8 Å². The van der Waals surface area contributed by atoms with Crippen LogP contribution in [0.2, 0.25) is 0 Å². The number of hydrogen-bond acceptors (Lipinski definition) is 5. The smallest absolute Gasteiger partial charge is 0.245 e. The highest BCUT2D eigenvalue weighted by Crippen LogP contribution is 2.33. The van der Waals surface area contributed by atoms with Gasteiger partial charge in [0.25, 0.3) is 0 Å². The van der Waals surface area contributed by atoms with Crippen LogP contribution in [0.3, 0.4) is 0 Å². The van der Waals surface area contributed by atoms with Crippen LogP contribution in [0.5, 0.6) is 11.5 Å². The number of piperidine rings is 1. The van der Waals surface area contributed by atoms with Gasteiger partial charge in [-0.3, -0.25) is 4.79 Å². The minimum atomic E-state index is -3.93. The van der Waals surface area contributed by atoms with Crippen LogP contribution in [-0.4, -0.2) is 45.9 Å². The highest BCUT2D eigenvalue weighted by Gasteiger charge is 2.33. The molecule has 1 fully saturated rings. The summed E-state index contributed by atoms with van der Waals surface area (Å²) in [6.45, 7) is 4.16. The standard InChI is InChI=1S/C23H29FN2O5S/c1-15-13-20(30-3)21(31-4)14-18(15)16(2)25-23(27)17-9-11-26(12-10-17)32(28,29)22-8-6-5-7-19(22)24/h5-8,13-14,16-17H,9-12H2,1-4H3,(H,25,27). The van der Waals surface area contributed by atoms with Crippen molar-refractivity contribution in [2.75, 3.05) is 27.3 Å². The Bertz CT molecular complexity index is 1080. The van der Waals surface area contributed by atoms with Crippen molar-refractivity contribution in [1.29, 1.82) is 0 Å². The van der Waals surface area contributed by atoms with Gasteiger partial charge in [-0.25, -0.2) is 12.8 Å². The van der Waals surface area contributed by atoms with E-state index in [2.05, 4.69) is 5.32 Å². The van der Waals surface area contributed by atoms with Crippen LogP contribution in [0, 0.1) is 18.7 Å². The maximum atomic E-state index is 14.0. The molecule has 1 atom stereocenters. The monoisotopic (exact) mass is 464 g/mol. The van der Waals surface area contributed by atoms with Crippen LogP contribution in [0.4, 0.5) is 4.39 Å². The zero-order valence-electron chi connectivity index (χ0n) is 18.7. The number of nitrogens with zero attached hydrogens (tertiary/aromatic N) is 1. The highest BCUT2D eigenvalue weighted by atomic mass is 32.2. The molecule has 0 aliphatic carbocycles. The Labute approximate surface area is 188 Å². The van der Waals surface area contributed by atoms with E-state index in [-0.39, 0.29) is 35.9 Å². The summed E-state index contributed by atoms with van der Waals surface area (Å²) in [5.41, 5.74) is 1.87. The predicted octanol–water partition coefficient (Wildman–Crippen LogP) is 3.43. The molecule has 3 rings (SSSR count). The van der Waals surface area contributed by atoms with Crippen molar-refractivity contribution in [3.05, 3.63) is 53.3 Å². The minimum Gasteiger partial charge on any atom is -0.493 e. The number of sulfonamides is 1. The van der Waals surface area contributed by atoms with Gasteiger partial charge in [-0.15, -0.1) is 0 Å². The average molecular weight is 465 g/mol. The third-order valence-electron chi connectivity index (χ3n) is 5.88. The van der Waals surface area contributed by atoms with Crippen molar-refractivity contribution in [1.82, 2.24) is 9.62 Å². The van der Waals surface area contributed by atoms with E-state index < -0.39 is 15.8 Å². The molecule has 1 aliphatic heterocycles.